The average Bonchev–Trinajstić information content (AvgIpc) is 3.04. The van der Waals surface area contributed by atoms with Crippen molar-refractivity contribution in [3.8, 4) is 11.5 Å². The van der Waals surface area contributed by atoms with Crippen molar-refractivity contribution in [1.29, 1.82) is 0 Å². The van der Waals surface area contributed by atoms with Crippen molar-refractivity contribution in [3.05, 3.63) is 48.0 Å². The van der Waals surface area contributed by atoms with Crippen molar-refractivity contribution in [2.45, 2.75) is 11.3 Å². The summed E-state index contributed by atoms with van der Waals surface area (Å²) in [6, 6.07) is 12.9. The molecular weight excluding hydrogens is 340 g/mol. The van der Waals surface area contributed by atoms with Crippen molar-refractivity contribution in [1.82, 2.24) is 4.72 Å². The Kier molecular flexibility index (Phi) is 4.27. The molecule has 7 heteroatoms. The zero-order valence-electron chi connectivity index (χ0n) is 13.8. The van der Waals surface area contributed by atoms with Crippen molar-refractivity contribution in [2.75, 3.05) is 37.7 Å². The fourth-order valence-corrected chi connectivity index (χ4v) is 4.26. The standard InChI is InChI=1S/C18H20N2O4S/c21-25(22,15-5-6-17-18(13-15)24-12-11-23-17)19-8-10-20-9-7-14-3-1-2-4-16(14)20/h1-6,13,19H,7-12H2. The monoisotopic (exact) mass is 360 g/mol. The predicted molar refractivity (Wildman–Crippen MR) is 95.0 cm³/mol. The van der Waals surface area contributed by atoms with Gasteiger partial charge in [0.25, 0.3) is 0 Å². The number of para-hydroxylation sites is 1. The Balaban J connectivity index is 1.41. The average molecular weight is 360 g/mol. The molecule has 0 atom stereocenters. The number of anilines is 1. The van der Waals surface area contributed by atoms with Gasteiger partial charge in [-0.1, -0.05) is 18.2 Å². The summed E-state index contributed by atoms with van der Waals surface area (Å²) in [7, 11) is -3.58. The molecule has 1 N–H and O–H groups in total. The van der Waals surface area contributed by atoms with Gasteiger partial charge in [-0.05, 0) is 30.2 Å². The molecule has 2 heterocycles. The van der Waals surface area contributed by atoms with Crippen LogP contribution in [0.5, 0.6) is 11.5 Å². The summed E-state index contributed by atoms with van der Waals surface area (Å²) in [6.45, 7) is 2.82. The Morgan fingerprint density at radius 2 is 1.84 bits per heavy atom. The van der Waals surface area contributed by atoms with Crippen molar-refractivity contribution >= 4 is 15.7 Å². The Morgan fingerprint density at radius 3 is 2.72 bits per heavy atom. The summed E-state index contributed by atoms with van der Waals surface area (Å²) in [5.41, 5.74) is 2.51. The zero-order valence-corrected chi connectivity index (χ0v) is 14.6. The number of sulfonamides is 1. The van der Waals surface area contributed by atoms with E-state index in [1.165, 1.54) is 17.3 Å². The van der Waals surface area contributed by atoms with Gasteiger partial charge in [0, 0.05) is 31.4 Å². The molecular formula is C18H20N2O4S. The normalized spacial score (nSPS) is 15.9. The van der Waals surface area contributed by atoms with E-state index in [-0.39, 0.29) is 4.90 Å². The van der Waals surface area contributed by atoms with Crippen LogP contribution in [0.25, 0.3) is 0 Å². The molecule has 0 radical (unpaired) electrons. The maximum atomic E-state index is 12.5. The van der Waals surface area contributed by atoms with Crippen LogP contribution in [-0.2, 0) is 16.4 Å². The minimum Gasteiger partial charge on any atom is -0.486 e. The van der Waals surface area contributed by atoms with Crippen LogP contribution < -0.4 is 19.1 Å². The Labute approximate surface area is 147 Å². The van der Waals surface area contributed by atoms with E-state index in [4.69, 9.17) is 9.47 Å². The highest BCUT2D eigenvalue weighted by Gasteiger charge is 2.21. The number of rotatable bonds is 5. The van der Waals surface area contributed by atoms with E-state index in [0.29, 0.717) is 37.8 Å². The van der Waals surface area contributed by atoms with Crippen molar-refractivity contribution in [2.24, 2.45) is 0 Å². The molecule has 0 unspecified atom stereocenters. The minimum absolute atomic E-state index is 0.193. The number of fused-ring (bicyclic) bond motifs is 2. The fourth-order valence-electron chi connectivity index (χ4n) is 3.23. The number of nitrogens with zero attached hydrogens (tertiary/aromatic N) is 1. The highest BCUT2D eigenvalue weighted by molar-refractivity contribution is 7.89. The molecule has 4 rings (SSSR count). The van der Waals surface area contributed by atoms with Crippen LogP contribution in [0.3, 0.4) is 0 Å². The zero-order chi connectivity index (χ0) is 17.3. The summed E-state index contributed by atoms with van der Waals surface area (Å²) in [5.74, 6) is 1.06. The number of hydrogen-bond donors (Lipinski definition) is 1. The van der Waals surface area contributed by atoms with Crippen LogP contribution in [0.4, 0.5) is 5.69 Å². The van der Waals surface area contributed by atoms with Gasteiger partial charge in [0.15, 0.2) is 11.5 Å². The Bertz CT molecular complexity index is 882. The second-order valence-electron chi connectivity index (χ2n) is 6.07. The van der Waals surface area contributed by atoms with E-state index in [2.05, 4.69) is 21.8 Å². The lowest BCUT2D eigenvalue weighted by Gasteiger charge is -2.20. The summed E-state index contributed by atoms with van der Waals surface area (Å²) in [6.07, 6.45) is 1.01. The number of nitrogens with one attached hydrogen (secondary N) is 1. The third-order valence-electron chi connectivity index (χ3n) is 4.48. The maximum absolute atomic E-state index is 12.5. The summed E-state index contributed by atoms with van der Waals surface area (Å²) >= 11 is 0. The quantitative estimate of drug-likeness (QED) is 0.881. The van der Waals surface area contributed by atoms with Crippen LogP contribution in [0.1, 0.15) is 5.56 Å². The molecule has 2 aliphatic rings. The molecule has 0 saturated carbocycles. The first-order valence-electron chi connectivity index (χ1n) is 8.36. The topological polar surface area (TPSA) is 67.9 Å². The largest absolute Gasteiger partial charge is 0.486 e. The summed E-state index contributed by atoms with van der Waals surface area (Å²) in [5, 5.41) is 0. The number of benzene rings is 2. The summed E-state index contributed by atoms with van der Waals surface area (Å²) < 4.78 is 38.6. The van der Waals surface area contributed by atoms with E-state index in [1.807, 2.05) is 12.1 Å². The molecule has 0 aromatic heterocycles. The first-order chi connectivity index (χ1) is 12.1. The third kappa shape index (κ3) is 3.29. The second kappa shape index (κ2) is 6.57. The Morgan fingerprint density at radius 1 is 1.04 bits per heavy atom. The molecule has 0 aliphatic carbocycles. The number of ether oxygens (including phenoxy) is 2. The first-order valence-corrected chi connectivity index (χ1v) is 9.84. The molecule has 2 aliphatic heterocycles. The van der Waals surface area contributed by atoms with Gasteiger partial charge in [-0.15, -0.1) is 0 Å². The van der Waals surface area contributed by atoms with Crippen LogP contribution in [0.15, 0.2) is 47.4 Å². The van der Waals surface area contributed by atoms with Gasteiger partial charge in [-0.25, -0.2) is 13.1 Å². The molecule has 2 aromatic carbocycles. The van der Waals surface area contributed by atoms with E-state index in [9.17, 15) is 8.42 Å². The van der Waals surface area contributed by atoms with Gasteiger partial charge in [0.1, 0.15) is 13.2 Å². The van der Waals surface area contributed by atoms with Crippen LogP contribution in [-0.4, -0.2) is 41.3 Å². The summed E-state index contributed by atoms with van der Waals surface area (Å²) in [4.78, 5) is 2.40. The molecule has 132 valence electrons. The van der Waals surface area contributed by atoms with E-state index >= 15 is 0 Å². The molecule has 2 aromatic rings. The number of hydrogen-bond acceptors (Lipinski definition) is 5. The van der Waals surface area contributed by atoms with Crippen molar-refractivity contribution in [3.63, 3.8) is 0 Å². The molecule has 0 bridgehead atoms. The van der Waals surface area contributed by atoms with Crippen molar-refractivity contribution < 1.29 is 17.9 Å². The van der Waals surface area contributed by atoms with Crippen LogP contribution in [0, 0.1) is 0 Å². The maximum Gasteiger partial charge on any atom is 0.240 e. The lowest BCUT2D eigenvalue weighted by Crippen LogP contribution is -2.34. The third-order valence-corrected chi connectivity index (χ3v) is 5.94. The minimum atomic E-state index is -3.58. The van der Waals surface area contributed by atoms with E-state index in [1.54, 1.807) is 12.1 Å². The molecule has 0 saturated heterocycles. The van der Waals surface area contributed by atoms with Crippen LogP contribution in [0.2, 0.25) is 0 Å². The van der Waals surface area contributed by atoms with Gasteiger partial charge in [0.2, 0.25) is 10.0 Å². The molecule has 0 spiro atoms. The Hall–Kier alpha value is -2.25. The van der Waals surface area contributed by atoms with E-state index in [0.717, 1.165) is 13.0 Å². The van der Waals surface area contributed by atoms with Crippen LogP contribution >= 0.6 is 0 Å². The predicted octanol–water partition coefficient (Wildman–Crippen LogP) is 1.80. The molecule has 25 heavy (non-hydrogen) atoms. The van der Waals surface area contributed by atoms with Gasteiger partial charge in [-0.3, -0.25) is 0 Å². The van der Waals surface area contributed by atoms with Gasteiger partial charge in [-0.2, -0.15) is 0 Å². The van der Waals surface area contributed by atoms with Gasteiger partial charge in [0.05, 0.1) is 4.90 Å². The second-order valence-corrected chi connectivity index (χ2v) is 7.84. The van der Waals surface area contributed by atoms with Gasteiger partial charge < -0.3 is 14.4 Å². The lowest BCUT2D eigenvalue weighted by molar-refractivity contribution is 0.171. The lowest BCUT2D eigenvalue weighted by atomic mass is 10.2. The first kappa shape index (κ1) is 16.2. The molecule has 0 amide bonds. The molecule has 0 fully saturated rings. The van der Waals surface area contributed by atoms with E-state index < -0.39 is 10.0 Å². The van der Waals surface area contributed by atoms with Gasteiger partial charge >= 0.3 is 0 Å². The fraction of sp³-hybridized carbons (Fsp3) is 0.333. The molecule has 6 nitrogen and oxygen atoms in total. The smallest absolute Gasteiger partial charge is 0.240 e. The highest BCUT2D eigenvalue weighted by Crippen LogP contribution is 2.32. The SMILES string of the molecule is O=S(=O)(NCCN1CCc2ccccc21)c1ccc2c(c1)OCCO2. The highest BCUT2D eigenvalue weighted by atomic mass is 32.2.